The molecule has 0 aliphatic carbocycles. The number of hydrogen-bond acceptors (Lipinski definition) is 6. The number of fused-ring (bicyclic) bond motifs is 1. The van der Waals surface area contributed by atoms with Crippen LogP contribution in [0.4, 0.5) is 5.82 Å². The second-order valence-corrected chi connectivity index (χ2v) is 10.6. The molecule has 1 fully saturated rings. The molecule has 2 aliphatic rings. The number of carbonyl (C=O) groups is 1. The van der Waals surface area contributed by atoms with Crippen LogP contribution in [0.15, 0.2) is 6.20 Å². The number of sulfone groups is 1. The zero-order chi connectivity index (χ0) is 18.7. The summed E-state index contributed by atoms with van der Waals surface area (Å²) < 4.78 is 25.9. The van der Waals surface area contributed by atoms with E-state index >= 15 is 0 Å². The van der Waals surface area contributed by atoms with Crippen LogP contribution < -0.4 is 5.32 Å². The monoisotopic (exact) mass is 395 g/mol. The lowest BCUT2D eigenvalue weighted by Gasteiger charge is -2.25. The van der Waals surface area contributed by atoms with Gasteiger partial charge in [0.2, 0.25) is 5.91 Å². The van der Waals surface area contributed by atoms with Gasteiger partial charge >= 0.3 is 0 Å². The third-order valence-electron chi connectivity index (χ3n) is 5.20. The third-order valence-corrected chi connectivity index (χ3v) is 8.34. The topological polar surface area (TPSA) is 110 Å². The highest BCUT2D eigenvalue weighted by molar-refractivity contribution is 8.00. The Hall–Kier alpha value is -1.81. The van der Waals surface area contributed by atoms with Gasteiger partial charge in [-0.1, -0.05) is 0 Å². The van der Waals surface area contributed by atoms with Gasteiger partial charge in [0, 0.05) is 16.8 Å². The zero-order valence-corrected chi connectivity index (χ0v) is 16.5. The highest BCUT2D eigenvalue weighted by Gasteiger charge is 2.42. The molecule has 2 aliphatic heterocycles. The molecular weight excluding hydrogens is 374 g/mol. The first-order valence-corrected chi connectivity index (χ1v) is 11.3. The zero-order valence-electron chi connectivity index (χ0n) is 14.9. The van der Waals surface area contributed by atoms with Crippen LogP contribution in [-0.2, 0) is 20.2 Å². The van der Waals surface area contributed by atoms with Gasteiger partial charge in [-0.15, -0.1) is 11.8 Å². The number of aryl methyl sites for hydroxylation is 1. The molecule has 0 unspecified atom stereocenters. The number of carbonyl (C=O) groups excluding carboxylic acids is 1. The van der Waals surface area contributed by atoms with Crippen molar-refractivity contribution in [1.82, 2.24) is 20.0 Å². The number of aromatic nitrogens is 4. The summed E-state index contributed by atoms with van der Waals surface area (Å²) in [5.41, 5.74) is 3.21. The first kappa shape index (κ1) is 17.6. The van der Waals surface area contributed by atoms with E-state index in [1.54, 1.807) is 6.20 Å². The minimum Gasteiger partial charge on any atom is -0.310 e. The molecule has 10 heteroatoms. The molecule has 2 atom stereocenters. The van der Waals surface area contributed by atoms with Crippen LogP contribution in [0.1, 0.15) is 41.1 Å². The third kappa shape index (κ3) is 2.75. The van der Waals surface area contributed by atoms with Crippen molar-refractivity contribution in [1.29, 1.82) is 0 Å². The van der Waals surface area contributed by atoms with E-state index in [0.717, 1.165) is 22.5 Å². The Balaban J connectivity index is 1.80. The fraction of sp³-hybridized carbons (Fsp3) is 0.562. The van der Waals surface area contributed by atoms with E-state index in [1.807, 2.05) is 25.5 Å². The van der Waals surface area contributed by atoms with Crippen molar-refractivity contribution >= 4 is 33.3 Å². The van der Waals surface area contributed by atoms with Crippen molar-refractivity contribution in [2.24, 2.45) is 0 Å². The summed E-state index contributed by atoms with van der Waals surface area (Å²) in [6.07, 6.45) is 2.29. The molecule has 0 bridgehead atoms. The van der Waals surface area contributed by atoms with E-state index in [4.69, 9.17) is 5.10 Å². The van der Waals surface area contributed by atoms with Crippen LogP contribution in [-0.4, -0.2) is 51.6 Å². The van der Waals surface area contributed by atoms with Crippen molar-refractivity contribution in [2.75, 3.05) is 22.6 Å². The largest absolute Gasteiger partial charge is 0.310 e. The maximum Gasteiger partial charge on any atom is 0.235 e. The standard InChI is InChI=1S/C16H21N5O3S2/c1-9-13(14-11-6-17-19-15(11)18-12(22)7-25-14)10(2)21(20-9)16(3)4-5-26(23,24)8-16/h6,14H,4-5,7-8H2,1-3H3,(H2,17,18,19,22)/t14-,16-/m1/s1. The Labute approximate surface area is 156 Å². The van der Waals surface area contributed by atoms with Crippen LogP contribution in [0, 0.1) is 13.8 Å². The Kier molecular flexibility index (Phi) is 3.96. The van der Waals surface area contributed by atoms with Crippen LogP contribution in [0.5, 0.6) is 0 Å². The second kappa shape index (κ2) is 5.85. The SMILES string of the molecule is Cc1nn([C@]2(C)CCS(=O)(=O)C2)c(C)c1[C@@H]1SCC(=O)Nc2[nH]ncc21. The molecular formula is C16H21N5O3S2. The molecule has 140 valence electrons. The van der Waals surface area contributed by atoms with Gasteiger partial charge < -0.3 is 5.32 Å². The molecule has 4 heterocycles. The van der Waals surface area contributed by atoms with Gasteiger partial charge in [-0.2, -0.15) is 10.2 Å². The fourth-order valence-electron chi connectivity index (χ4n) is 3.98. The van der Waals surface area contributed by atoms with E-state index < -0.39 is 15.4 Å². The minimum absolute atomic E-state index is 0.0699. The Morgan fingerprint density at radius 2 is 2.15 bits per heavy atom. The number of nitrogens with one attached hydrogen (secondary N) is 2. The molecule has 0 saturated carbocycles. The number of anilines is 1. The van der Waals surface area contributed by atoms with E-state index in [-0.39, 0.29) is 22.7 Å². The Morgan fingerprint density at radius 3 is 2.85 bits per heavy atom. The average Bonchev–Trinajstić information content (AvgIpc) is 3.17. The quantitative estimate of drug-likeness (QED) is 0.798. The summed E-state index contributed by atoms with van der Waals surface area (Å²) in [5, 5.41) is 14.4. The molecule has 0 aromatic carbocycles. The lowest BCUT2D eigenvalue weighted by Crippen LogP contribution is -2.33. The highest BCUT2D eigenvalue weighted by Crippen LogP contribution is 2.44. The number of thioether (sulfide) groups is 1. The number of rotatable bonds is 2. The van der Waals surface area contributed by atoms with Gasteiger partial charge in [-0.05, 0) is 27.2 Å². The van der Waals surface area contributed by atoms with Crippen LogP contribution >= 0.6 is 11.8 Å². The Bertz CT molecular complexity index is 994. The van der Waals surface area contributed by atoms with Crippen LogP contribution in [0.25, 0.3) is 0 Å². The number of amides is 1. The lowest BCUT2D eigenvalue weighted by molar-refractivity contribution is -0.113. The normalized spacial score (nSPS) is 27.8. The van der Waals surface area contributed by atoms with E-state index in [0.29, 0.717) is 18.0 Å². The highest BCUT2D eigenvalue weighted by atomic mass is 32.2. The fourth-order valence-corrected chi connectivity index (χ4v) is 7.34. The molecule has 8 nitrogen and oxygen atoms in total. The van der Waals surface area contributed by atoms with E-state index in [1.165, 1.54) is 11.8 Å². The lowest BCUT2D eigenvalue weighted by atomic mass is 10.0. The molecule has 2 aromatic heterocycles. The summed E-state index contributed by atoms with van der Waals surface area (Å²) in [6, 6.07) is 0. The van der Waals surface area contributed by atoms with Crippen molar-refractivity contribution in [3.63, 3.8) is 0 Å². The number of H-pyrrole nitrogens is 1. The van der Waals surface area contributed by atoms with Crippen molar-refractivity contribution < 1.29 is 13.2 Å². The molecule has 2 N–H and O–H groups in total. The average molecular weight is 396 g/mol. The van der Waals surface area contributed by atoms with Crippen molar-refractivity contribution in [3.05, 3.63) is 28.7 Å². The summed E-state index contributed by atoms with van der Waals surface area (Å²) in [7, 11) is -3.04. The number of hydrogen-bond donors (Lipinski definition) is 2. The molecule has 0 spiro atoms. The summed E-state index contributed by atoms with van der Waals surface area (Å²) >= 11 is 1.53. The van der Waals surface area contributed by atoms with Gasteiger partial charge in [0.1, 0.15) is 5.82 Å². The summed E-state index contributed by atoms with van der Waals surface area (Å²) in [6.45, 7) is 5.87. The second-order valence-electron chi connectivity index (χ2n) is 7.27. The predicted molar refractivity (Wildman–Crippen MR) is 100 cm³/mol. The number of aromatic amines is 1. The first-order valence-electron chi connectivity index (χ1n) is 8.42. The smallest absolute Gasteiger partial charge is 0.235 e. The van der Waals surface area contributed by atoms with Gasteiger partial charge in [-0.3, -0.25) is 14.6 Å². The van der Waals surface area contributed by atoms with Gasteiger partial charge in [0.05, 0.1) is 39.9 Å². The van der Waals surface area contributed by atoms with Crippen molar-refractivity contribution in [2.45, 2.75) is 38.0 Å². The van der Waals surface area contributed by atoms with Gasteiger partial charge in [0.15, 0.2) is 9.84 Å². The Morgan fingerprint density at radius 1 is 1.38 bits per heavy atom. The maximum absolute atomic E-state index is 12.0. The molecule has 2 aromatic rings. The van der Waals surface area contributed by atoms with Crippen molar-refractivity contribution in [3.8, 4) is 0 Å². The first-order chi connectivity index (χ1) is 12.2. The molecule has 26 heavy (non-hydrogen) atoms. The summed E-state index contributed by atoms with van der Waals surface area (Å²) in [4.78, 5) is 12.0. The molecule has 4 rings (SSSR count). The van der Waals surface area contributed by atoms with Crippen LogP contribution in [0.3, 0.4) is 0 Å². The minimum atomic E-state index is -3.04. The maximum atomic E-state index is 12.0. The van der Waals surface area contributed by atoms with E-state index in [9.17, 15) is 13.2 Å². The molecule has 1 amide bonds. The summed E-state index contributed by atoms with van der Waals surface area (Å²) in [5.74, 6) is 1.18. The number of nitrogens with zero attached hydrogens (tertiary/aromatic N) is 3. The van der Waals surface area contributed by atoms with Crippen LogP contribution in [0.2, 0.25) is 0 Å². The van der Waals surface area contributed by atoms with Gasteiger partial charge in [-0.25, -0.2) is 8.42 Å². The molecule has 0 radical (unpaired) electrons. The predicted octanol–water partition coefficient (Wildman–Crippen LogP) is 1.53. The van der Waals surface area contributed by atoms with E-state index in [2.05, 4.69) is 15.5 Å². The molecule has 1 saturated heterocycles. The van der Waals surface area contributed by atoms with Gasteiger partial charge in [0.25, 0.3) is 0 Å².